The molecule has 0 aromatic heterocycles. The molecule has 2 nitrogen and oxygen atoms in total. The zero-order valence-corrected chi connectivity index (χ0v) is 12.9. The van der Waals surface area contributed by atoms with Crippen molar-refractivity contribution in [2.45, 2.75) is 13.0 Å². The number of halogens is 3. The molecule has 0 spiro atoms. The van der Waals surface area contributed by atoms with Gasteiger partial charge in [-0.05, 0) is 48.9 Å². The van der Waals surface area contributed by atoms with Gasteiger partial charge in [-0.25, -0.2) is 0 Å². The van der Waals surface area contributed by atoms with Crippen molar-refractivity contribution < 1.29 is 0 Å². The summed E-state index contributed by atoms with van der Waals surface area (Å²) in [6.45, 7) is 1.98. The van der Waals surface area contributed by atoms with Crippen LogP contribution in [0.25, 0.3) is 0 Å². The minimum absolute atomic E-state index is 0.0368. The van der Waals surface area contributed by atoms with Crippen molar-refractivity contribution in [3.63, 3.8) is 0 Å². The number of nitriles is 1. The van der Waals surface area contributed by atoms with Gasteiger partial charge in [-0.15, -0.1) is 0 Å². The third kappa shape index (κ3) is 3.37. The summed E-state index contributed by atoms with van der Waals surface area (Å²) in [4.78, 5) is 0. The number of rotatable bonds is 3. The lowest BCUT2D eigenvalue weighted by atomic mass is 10.1. The number of nitrogens with one attached hydrogen (secondary N) is 1. The minimum Gasteiger partial charge on any atom is -0.378 e. The first kappa shape index (κ1) is 15.0. The smallest absolute Gasteiger partial charge is 0.101 e. The normalized spacial score (nSPS) is 11.8. The van der Waals surface area contributed by atoms with E-state index in [1.807, 2.05) is 19.1 Å². The first-order valence-corrected chi connectivity index (χ1v) is 7.06. The van der Waals surface area contributed by atoms with Crippen LogP contribution in [0.4, 0.5) is 5.69 Å². The van der Waals surface area contributed by atoms with Gasteiger partial charge in [0.2, 0.25) is 0 Å². The molecule has 0 aliphatic heterocycles. The second-order valence-electron chi connectivity index (χ2n) is 4.34. The van der Waals surface area contributed by atoms with Crippen LogP contribution in [-0.2, 0) is 0 Å². The van der Waals surface area contributed by atoms with Crippen molar-refractivity contribution in [2.75, 3.05) is 5.32 Å². The van der Waals surface area contributed by atoms with E-state index in [1.54, 1.807) is 30.3 Å². The Bertz CT molecular complexity index is 677. The molecule has 20 heavy (non-hydrogen) atoms. The number of hydrogen-bond acceptors (Lipinski definition) is 2. The predicted octanol–water partition coefficient (Wildman–Crippen LogP) is 5.69. The summed E-state index contributed by atoms with van der Waals surface area (Å²) in [6, 6.07) is 12.5. The largest absolute Gasteiger partial charge is 0.378 e. The Morgan fingerprint density at radius 1 is 1.05 bits per heavy atom. The van der Waals surface area contributed by atoms with Crippen LogP contribution in [0.1, 0.15) is 24.1 Å². The zero-order valence-electron chi connectivity index (χ0n) is 10.6. The van der Waals surface area contributed by atoms with Gasteiger partial charge in [0.1, 0.15) is 6.07 Å². The van der Waals surface area contributed by atoms with E-state index in [0.29, 0.717) is 20.6 Å². The molecule has 0 saturated heterocycles. The van der Waals surface area contributed by atoms with Crippen LogP contribution in [-0.4, -0.2) is 0 Å². The maximum absolute atomic E-state index is 8.85. The maximum Gasteiger partial charge on any atom is 0.101 e. The molecular formula is C15H11Cl3N2. The Morgan fingerprint density at radius 2 is 1.80 bits per heavy atom. The molecule has 5 heteroatoms. The highest BCUT2D eigenvalue weighted by atomic mass is 35.5. The molecule has 102 valence electrons. The molecule has 0 amide bonds. The van der Waals surface area contributed by atoms with E-state index >= 15 is 0 Å². The SMILES string of the molecule is CC(Nc1ccc(C#N)c(Cl)c1)c1cc(Cl)ccc1Cl. The summed E-state index contributed by atoms with van der Waals surface area (Å²) in [5, 5.41) is 13.8. The van der Waals surface area contributed by atoms with Gasteiger partial charge in [-0.3, -0.25) is 0 Å². The molecule has 1 atom stereocenters. The van der Waals surface area contributed by atoms with Crippen molar-refractivity contribution in [3.8, 4) is 6.07 Å². The van der Waals surface area contributed by atoms with Crippen LogP contribution >= 0.6 is 34.8 Å². The fourth-order valence-corrected chi connectivity index (χ4v) is 2.55. The molecule has 2 rings (SSSR count). The second kappa shape index (κ2) is 6.37. The average molecular weight is 326 g/mol. The van der Waals surface area contributed by atoms with Crippen LogP contribution in [0.3, 0.4) is 0 Å². The highest BCUT2D eigenvalue weighted by Crippen LogP contribution is 2.29. The summed E-state index contributed by atoms with van der Waals surface area (Å²) in [7, 11) is 0. The van der Waals surface area contributed by atoms with Gasteiger partial charge in [0.25, 0.3) is 0 Å². The van der Waals surface area contributed by atoms with E-state index < -0.39 is 0 Å². The quantitative estimate of drug-likeness (QED) is 0.786. The second-order valence-corrected chi connectivity index (χ2v) is 5.59. The molecule has 0 heterocycles. The summed E-state index contributed by atoms with van der Waals surface area (Å²) in [5.41, 5.74) is 2.17. The fraction of sp³-hybridized carbons (Fsp3) is 0.133. The number of nitrogens with zero attached hydrogens (tertiary/aromatic N) is 1. The van der Waals surface area contributed by atoms with Crippen LogP contribution in [0, 0.1) is 11.3 Å². The highest BCUT2D eigenvalue weighted by molar-refractivity contribution is 6.33. The van der Waals surface area contributed by atoms with E-state index in [1.165, 1.54) is 0 Å². The van der Waals surface area contributed by atoms with Crippen LogP contribution < -0.4 is 5.32 Å². The standard InChI is InChI=1S/C15H11Cl3N2/c1-9(13-6-11(16)3-5-14(13)17)20-12-4-2-10(8-19)15(18)7-12/h2-7,9,20H,1H3. The van der Waals surface area contributed by atoms with Gasteiger partial charge in [0, 0.05) is 15.7 Å². The van der Waals surface area contributed by atoms with Crippen LogP contribution in [0.15, 0.2) is 36.4 Å². The lowest BCUT2D eigenvalue weighted by Crippen LogP contribution is -2.07. The molecule has 2 aromatic carbocycles. The molecule has 2 aromatic rings. The molecule has 1 N–H and O–H groups in total. The predicted molar refractivity (Wildman–Crippen MR) is 84.7 cm³/mol. The summed E-state index contributed by atoms with van der Waals surface area (Å²) in [6.07, 6.45) is 0. The molecule has 0 aliphatic carbocycles. The lowest BCUT2D eigenvalue weighted by molar-refractivity contribution is 0.885. The van der Waals surface area contributed by atoms with Crippen molar-refractivity contribution in [1.82, 2.24) is 0 Å². The van der Waals surface area contributed by atoms with Crippen molar-refractivity contribution in [1.29, 1.82) is 5.26 Å². The number of anilines is 1. The van der Waals surface area contributed by atoms with Crippen molar-refractivity contribution in [3.05, 3.63) is 62.6 Å². The molecule has 0 aliphatic rings. The van der Waals surface area contributed by atoms with Crippen LogP contribution in [0.2, 0.25) is 15.1 Å². The molecule has 0 saturated carbocycles. The Labute approximate surface area is 132 Å². The minimum atomic E-state index is -0.0368. The summed E-state index contributed by atoms with van der Waals surface area (Å²) >= 11 is 18.2. The van der Waals surface area contributed by atoms with Crippen molar-refractivity contribution >= 4 is 40.5 Å². The lowest BCUT2D eigenvalue weighted by Gasteiger charge is -2.17. The molecular weight excluding hydrogens is 315 g/mol. The van der Waals surface area contributed by atoms with Gasteiger partial charge in [-0.2, -0.15) is 5.26 Å². The topological polar surface area (TPSA) is 35.8 Å². The third-order valence-electron chi connectivity index (χ3n) is 2.90. The van der Waals surface area contributed by atoms with E-state index in [2.05, 4.69) is 5.32 Å². The van der Waals surface area contributed by atoms with E-state index in [4.69, 9.17) is 40.1 Å². The maximum atomic E-state index is 8.85. The molecule has 0 radical (unpaired) electrons. The average Bonchev–Trinajstić information content (AvgIpc) is 2.41. The monoisotopic (exact) mass is 324 g/mol. The van der Waals surface area contributed by atoms with Gasteiger partial charge < -0.3 is 5.32 Å². The number of hydrogen-bond donors (Lipinski definition) is 1. The highest BCUT2D eigenvalue weighted by Gasteiger charge is 2.11. The first-order valence-electron chi connectivity index (χ1n) is 5.92. The van der Waals surface area contributed by atoms with Crippen molar-refractivity contribution in [2.24, 2.45) is 0 Å². The molecule has 1 unspecified atom stereocenters. The van der Waals surface area contributed by atoms with E-state index in [9.17, 15) is 0 Å². The summed E-state index contributed by atoms with van der Waals surface area (Å²) < 4.78 is 0. The Kier molecular flexibility index (Phi) is 4.77. The van der Waals surface area contributed by atoms with Gasteiger partial charge in [-0.1, -0.05) is 34.8 Å². The van der Waals surface area contributed by atoms with Gasteiger partial charge in [0.05, 0.1) is 16.6 Å². The third-order valence-corrected chi connectivity index (χ3v) is 3.79. The Balaban J connectivity index is 2.23. The molecule has 0 fully saturated rings. The van der Waals surface area contributed by atoms with E-state index in [-0.39, 0.29) is 6.04 Å². The zero-order chi connectivity index (χ0) is 14.7. The van der Waals surface area contributed by atoms with Gasteiger partial charge >= 0.3 is 0 Å². The summed E-state index contributed by atoms with van der Waals surface area (Å²) in [5.74, 6) is 0. The molecule has 0 bridgehead atoms. The number of benzene rings is 2. The van der Waals surface area contributed by atoms with Crippen LogP contribution in [0.5, 0.6) is 0 Å². The Morgan fingerprint density at radius 3 is 2.45 bits per heavy atom. The van der Waals surface area contributed by atoms with E-state index in [0.717, 1.165) is 11.3 Å². The first-order chi connectivity index (χ1) is 9.51. The Hall–Kier alpha value is -1.40. The van der Waals surface area contributed by atoms with Gasteiger partial charge in [0.15, 0.2) is 0 Å². The fourth-order valence-electron chi connectivity index (χ4n) is 1.87.